The van der Waals surface area contributed by atoms with Crippen molar-refractivity contribution < 1.29 is 13.2 Å². The summed E-state index contributed by atoms with van der Waals surface area (Å²) in [5.41, 5.74) is 11.1. The fourth-order valence-corrected chi connectivity index (χ4v) is 3.94. The molecule has 1 aromatic carbocycles. The minimum atomic E-state index is -3.76. The highest BCUT2D eigenvalue weighted by molar-refractivity contribution is 7.89. The predicted octanol–water partition coefficient (Wildman–Crippen LogP) is -0.0928. The van der Waals surface area contributed by atoms with Crippen molar-refractivity contribution in [3.8, 4) is 0 Å². The van der Waals surface area contributed by atoms with E-state index in [9.17, 15) is 13.2 Å². The zero-order valence-electron chi connectivity index (χ0n) is 9.74. The van der Waals surface area contributed by atoms with Crippen molar-refractivity contribution in [3.63, 3.8) is 0 Å². The number of primary amides is 1. The van der Waals surface area contributed by atoms with Gasteiger partial charge in [0.15, 0.2) is 0 Å². The number of hydrogen-bond donors (Lipinski definition) is 2. The molecule has 18 heavy (non-hydrogen) atoms. The van der Waals surface area contributed by atoms with Crippen LogP contribution in [-0.4, -0.2) is 31.2 Å². The summed E-state index contributed by atoms with van der Waals surface area (Å²) in [6.45, 7) is 0.296. The maximum absolute atomic E-state index is 12.4. The van der Waals surface area contributed by atoms with Crippen molar-refractivity contribution in [2.75, 3.05) is 12.3 Å². The van der Waals surface area contributed by atoms with Gasteiger partial charge in [0.25, 0.3) is 0 Å². The van der Waals surface area contributed by atoms with E-state index in [1.807, 2.05) is 0 Å². The number of sulfonamides is 1. The van der Waals surface area contributed by atoms with Crippen LogP contribution in [0.25, 0.3) is 0 Å². The van der Waals surface area contributed by atoms with Crippen LogP contribution < -0.4 is 11.5 Å². The Morgan fingerprint density at radius 2 is 2.00 bits per heavy atom. The topological polar surface area (TPSA) is 106 Å². The minimum Gasteiger partial charge on any atom is -0.398 e. The van der Waals surface area contributed by atoms with E-state index >= 15 is 0 Å². The third-order valence-corrected chi connectivity index (χ3v) is 5.02. The number of carbonyl (C=O) groups excluding carboxylic acids is 1. The Balaban J connectivity index is 2.43. The molecule has 0 saturated carbocycles. The summed E-state index contributed by atoms with van der Waals surface area (Å²) in [4.78, 5) is 11.3. The van der Waals surface area contributed by atoms with E-state index in [1.54, 1.807) is 12.1 Å². The third-order valence-electron chi connectivity index (χ3n) is 3.04. The van der Waals surface area contributed by atoms with E-state index in [2.05, 4.69) is 0 Å². The van der Waals surface area contributed by atoms with Crippen molar-refractivity contribution in [1.29, 1.82) is 0 Å². The monoisotopic (exact) mass is 269 g/mol. The SMILES string of the molecule is NC(=O)C1CCCN1S(=O)(=O)c1ccccc1N. The summed E-state index contributed by atoms with van der Waals surface area (Å²) in [6.07, 6.45) is 1.08. The van der Waals surface area contributed by atoms with E-state index in [0.29, 0.717) is 19.4 Å². The highest BCUT2D eigenvalue weighted by atomic mass is 32.2. The zero-order chi connectivity index (χ0) is 13.3. The van der Waals surface area contributed by atoms with Gasteiger partial charge in [-0.3, -0.25) is 4.79 Å². The van der Waals surface area contributed by atoms with Crippen molar-refractivity contribution in [2.24, 2.45) is 5.73 Å². The molecular formula is C11H15N3O3S. The van der Waals surface area contributed by atoms with Crippen LogP contribution >= 0.6 is 0 Å². The summed E-state index contributed by atoms with van der Waals surface area (Å²) >= 11 is 0. The van der Waals surface area contributed by atoms with Gasteiger partial charge in [0.2, 0.25) is 15.9 Å². The fourth-order valence-electron chi connectivity index (χ4n) is 2.15. The summed E-state index contributed by atoms with van der Waals surface area (Å²) in [5, 5.41) is 0. The van der Waals surface area contributed by atoms with Gasteiger partial charge >= 0.3 is 0 Å². The molecule has 4 N–H and O–H groups in total. The highest BCUT2D eigenvalue weighted by Crippen LogP contribution is 2.28. The Hall–Kier alpha value is -1.60. The molecule has 0 spiro atoms. The van der Waals surface area contributed by atoms with Gasteiger partial charge in [-0.25, -0.2) is 8.42 Å². The first-order valence-corrected chi connectivity index (χ1v) is 7.04. The lowest BCUT2D eigenvalue weighted by Crippen LogP contribution is -2.43. The van der Waals surface area contributed by atoms with Crippen LogP contribution in [0.2, 0.25) is 0 Å². The van der Waals surface area contributed by atoms with Crippen LogP contribution in [0.1, 0.15) is 12.8 Å². The van der Waals surface area contributed by atoms with Crippen LogP contribution in [0, 0.1) is 0 Å². The number of anilines is 1. The Kier molecular flexibility index (Phi) is 3.27. The Morgan fingerprint density at radius 1 is 1.33 bits per heavy atom. The lowest BCUT2D eigenvalue weighted by Gasteiger charge is -2.22. The van der Waals surface area contributed by atoms with Crippen molar-refractivity contribution in [1.82, 2.24) is 4.31 Å². The lowest BCUT2D eigenvalue weighted by atomic mass is 10.2. The molecule has 1 atom stereocenters. The number of amides is 1. The number of nitrogens with zero attached hydrogens (tertiary/aromatic N) is 1. The Bertz CT molecular complexity index is 571. The molecule has 6 nitrogen and oxygen atoms in total. The van der Waals surface area contributed by atoms with Crippen LogP contribution in [0.3, 0.4) is 0 Å². The molecule has 7 heteroatoms. The van der Waals surface area contributed by atoms with E-state index < -0.39 is 22.0 Å². The van der Waals surface area contributed by atoms with Gasteiger partial charge in [0, 0.05) is 6.54 Å². The van der Waals surface area contributed by atoms with Crippen LogP contribution in [0.15, 0.2) is 29.2 Å². The normalized spacial score (nSPS) is 21.0. The molecule has 0 bridgehead atoms. The first-order chi connectivity index (χ1) is 8.44. The number of nitrogen functional groups attached to an aromatic ring is 1. The largest absolute Gasteiger partial charge is 0.398 e. The maximum atomic E-state index is 12.4. The molecule has 1 heterocycles. The molecule has 1 aliphatic heterocycles. The smallest absolute Gasteiger partial charge is 0.245 e. The molecule has 2 rings (SSSR count). The Labute approximate surface area is 106 Å². The molecule has 1 aliphatic rings. The molecule has 1 aromatic rings. The fraction of sp³-hybridized carbons (Fsp3) is 0.364. The standard InChI is InChI=1S/C11H15N3O3S/c12-8-4-1-2-6-10(8)18(16,17)14-7-3-5-9(14)11(13)15/h1-2,4,6,9H,3,5,7,12H2,(H2,13,15). The van der Waals surface area contributed by atoms with Crippen LogP contribution in [0.4, 0.5) is 5.69 Å². The van der Waals surface area contributed by atoms with Gasteiger partial charge in [-0.05, 0) is 25.0 Å². The lowest BCUT2D eigenvalue weighted by molar-refractivity contribution is -0.121. The van der Waals surface area contributed by atoms with Gasteiger partial charge in [0.05, 0.1) is 5.69 Å². The number of hydrogen-bond acceptors (Lipinski definition) is 4. The van der Waals surface area contributed by atoms with Crippen molar-refractivity contribution in [3.05, 3.63) is 24.3 Å². The van der Waals surface area contributed by atoms with Crippen LogP contribution in [0.5, 0.6) is 0 Å². The van der Waals surface area contributed by atoms with Crippen LogP contribution in [-0.2, 0) is 14.8 Å². The molecular weight excluding hydrogens is 254 g/mol. The molecule has 0 radical (unpaired) electrons. The average Bonchev–Trinajstić information content (AvgIpc) is 2.78. The van der Waals surface area contributed by atoms with E-state index in [-0.39, 0.29) is 10.6 Å². The second-order valence-corrected chi connectivity index (χ2v) is 6.07. The molecule has 1 amide bonds. The molecule has 0 aliphatic carbocycles. The molecule has 1 saturated heterocycles. The number of rotatable bonds is 3. The quantitative estimate of drug-likeness (QED) is 0.747. The molecule has 1 fully saturated rings. The first-order valence-electron chi connectivity index (χ1n) is 5.60. The second-order valence-electron chi connectivity index (χ2n) is 4.21. The van der Waals surface area contributed by atoms with E-state index in [0.717, 1.165) is 4.31 Å². The van der Waals surface area contributed by atoms with E-state index in [4.69, 9.17) is 11.5 Å². The summed E-state index contributed by atoms with van der Waals surface area (Å²) in [7, 11) is -3.76. The van der Waals surface area contributed by atoms with Gasteiger partial charge in [0.1, 0.15) is 10.9 Å². The van der Waals surface area contributed by atoms with Gasteiger partial charge in [-0.1, -0.05) is 12.1 Å². The van der Waals surface area contributed by atoms with Gasteiger partial charge in [-0.15, -0.1) is 0 Å². The number of nitrogens with two attached hydrogens (primary N) is 2. The van der Waals surface area contributed by atoms with E-state index in [1.165, 1.54) is 12.1 Å². The number of benzene rings is 1. The molecule has 1 unspecified atom stereocenters. The molecule has 98 valence electrons. The summed E-state index contributed by atoms with van der Waals surface area (Å²) in [5.74, 6) is -0.620. The average molecular weight is 269 g/mol. The molecule has 0 aromatic heterocycles. The van der Waals surface area contributed by atoms with Gasteiger partial charge in [-0.2, -0.15) is 4.31 Å². The predicted molar refractivity (Wildman–Crippen MR) is 67.0 cm³/mol. The minimum absolute atomic E-state index is 0.0261. The van der Waals surface area contributed by atoms with Crippen molar-refractivity contribution >= 4 is 21.6 Å². The second kappa shape index (κ2) is 4.58. The summed E-state index contributed by atoms with van der Waals surface area (Å²) in [6, 6.07) is 5.43. The number of carbonyl (C=O) groups is 1. The first kappa shape index (κ1) is 12.8. The highest BCUT2D eigenvalue weighted by Gasteiger charge is 2.38. The number of para-hydroxylation sites is 1. The van der Waals surface area contributed by atoms with Crippen molar-refractivity contribution in [2.45, 2.75) is 23.8 Å². The maximum Gasteiger partial charge on any atom is 0.245 e. The third kappa shape index (κ3) is 2.06. The summed E-state index contributed by atoms with van der Waals surface area (Å²) < 4.78 is 26.0. The Morgan fingerprint density at radius 3 is 2.61 bits per heavy atom. The van der Waals surface area contributed by atoms with Gasteiger partial charge < -0.3 is 11.5 Å². The zero-order valence-corrected chi connectivity index (χ0v) is 10.6.